The topological polar surface area (TPSA) is 46.6 Å². The number of amides is 1. The minimum Gasteiger partial charge on any atom is -0.379 e. The summed E-state index contributed by atoms with van der Waals surface area (Å²) in [7, 11) is 0. The Bertz CT molecular complexity index is 513. The maximum absolute atomic E-state index is 11.9. The van der Waals surface area contributed by atoms with Gasteiger partial charge in [0.05, 0.1) is 17.9 Å². The van der Waals surface area contributed by atoms with E-state index >= 15 is 0 Å². The molecule has 5 heteroatoms. The molecule has 0 N–H and O–H groups in total. The van der Waals surface area contributed by atoms with Crippen LogP contribution in [0.15, 0.2) is 22.7 Å². The molecule has 2 rings (SSSR count). The first kappa shape index (κ1) is 14.2. The van der Waals surface area contributed by atoms with Crippen molar-refractivity contribution < 1.29 is 14.3 Å². The summed E-state index contributed by atoms with van der Waals surface area (Å²) >= 11 is 3.31. The molecule has 0 aromatic heterocycles. The summed E-state index contributed by atoms with van der Waals surface area (Å²) in [6.45, 7) is 5.64. The summed E-state index contributed by atoms with van der Waals surface area (Å²) in [6, 6.07) is 5.29. The minimum atomic E-state index is -0.471. The van der Waals surface area contributed by atoms with Crippen molar-refractivity contribution in [1.82, 2.24) is 0 Å². The first-order chi connectivity index (χ1) is 9.00. The molecule has 0 spiro atoms. The number of anilines is 1. The largest absolute Gasteiger partial charge is 0.379 e. The molecule has 1 aromatic carbocycles. The molecule has 102 valence electrons. The first-order valence-corrected chi connectivity index (χ1v) is 7.03. The standard InChI is InChI=1S/C14H16BrNO3/c1-9(2)8-19-6-5-16-12-4-3-10(15)7-11(12)13(17)14(16)18/h3-4,7,9H,5-6,8H2,1-2H3. The highest BCUT2D eigenvalue weighted by Gasteiger charge is 2.35. The highest BCUT2D eigenvalue weighted by Crippen LogP contribution is 2.30. The number of hydrogen-bond acceptors (Lipinski definition) is 3. The van der Waals surface area contributed by atoms with Crippen molar-refractivity contribution in [2.75, 3.05) is 24.7 Å². The number of benzene rings is 1. The lowest BCUT2D eigenvalue weighted by molar-refractivity contribution is -0.114. The van der Waals surface area contributed by atoms with Gasteiger partial charge in [-0.25, -0.2) is 0 Å². The van der Waals surface area contributed by atoms with Crippen molar-refractivity contribution in [1.29, 1.82) is 0 Å². The minimum absolute atomic E-state index is 0.409. The fraction of sp³-hybridized carbons (Fsp3) is 0.429. The number of carbonyl (C=O) groups is 2. The van der Waals surface area contributed by atoms with Crippen molar-refractivity contribution in [3.05, 3.63) is 28.2 Å². The maximum Gasteiger partial charge on any atom is 0.299 e. The molecule has 4 nitrogen and oxygen atoms in total. The van der Waals surface area contributed by atoms with Crippen LogP contribution in [-0.2, 0) is 9.53 Å². The molecule has 0 fully saturated rings. The van der Waals surface area contributed by atoms with Crippen LogP contribution in [0, 0.1) is 5.92 Å². The predicted octanol–water partition coefficient (Wildman–Crippen LogP) is 2.65. The van der Waals surface area contributed by atoms with E-state index in [-0.39, 0.29) is 0 Å². The number of ketones is 1. The van der Waals surface area contributed by atoms with Crippen LogP contribution in [0.25, 0.3) is 0 Å². The molecule has 1 amide bonds. The third kappa shape index (κ3) is 3.04. The van der Waals surface area contributed by atoms with Gasteiger partial charge in [0, 0.05) is 17.6 Å². The monoisotopic (exact) mass is 325 g/mol. The maximum atomic E-state index is 11.9. The molecule has 1 aliphatic heterocycles. The second kappa shape index (κ2) is 5.84. The summed E-state index contributed by atoms with van der Waals surface area (Å²) in [6.07, 6.45) is 0. The first-order valence-electron chi connectivity index (χ1n) is 6.24. The van der Waals surface area contributed by atoms with E-state index in [0.717, 1.165) is 4.47 Å². The van der Waals surface area contributed by atoms with E-state index in [1.54, 1.807) is 12.1 Å². The van der Waals surface area contributed by atoms with E-state index in [1.165, 1.54) is 4.90 Å². The highest BCUT2D eigenvalue weighted by atomic mass is 79.9. The van der Waals surface area contributed by atoms with E-state index in [9.17, 15) is 9.59 Å². The second-order valence-electron chi connectivity index (χ2n) is 4.92. The summed E-state index contributed by atoms with van der Waals surface area (Å²) in [4.78, 5) is 25.2. The summed E-state index contributed by atoms with van der Waals surface area (Å²) < 4.78 is 6.26. The Morgan fingerprint density at radius 2 is 2.05 bits per heavy atom. The van der Waals surface area contributed by atoms with Crippen LogP contribution in [0.4, 0.5) is 5.69 Å². The van der Waals surface area contributed by atoms with Crippen molar-refractivity contribution >= 4 is 33.3 Å². The number of hydrogen-bond donors (Lipinski definition) is 0. The van der Waals surface area contributed by atoms with Gasteiger partial charge in [0.2, 0.25) is 0 Å². The average Bonchev–Trinajstić information content (AvgIpc) is 2.59. The van der Waals surface area contributed by atoms with Crippen molar-refractivity contribution in [2.24, 2.45) is 5.92 Å². The summed E-state index contributed by atoms with van der Waals surface area (Å²) in [5.41, 5.74) is 1.13. The lowest BCUT2D eigenvalue weighted by atomic mass is 10.1. The van der Waals surface area contributed by atoms with Gasteiger partial charge in [-0.05, 0) is 24.1 Å². The molecule has 1 aliphatic rings. The molecule has 0 unspecified atom stereocenters. The van der Waals surface area contributed by atoms with Crippen LogP contribution >= 0.6 is 15.9 Å². The van der Waals surface area contributed by atoms with Crippen LogP contribution in [-0.4, -0.2) is 31.4 Å². The smallest absolute Gasteiger partial charge is 0.299 e. The van der Waals surface area contributed by atoms with E-state index in [0.29, 0.717) is 36.9 Å². The Morgan fingerprint density at radius 3 is 2.74 bits per heavy atom. The number of halogens is 1. The van der Waals surface area contributed by atoms with Gasteiger partial charge in [0.1, 0.15) is 0 Å². The Morgan fingerprint density at radius 1 is 1.32 bits per heavy atom. The van der Waals surface area contributed by atoms with E-state index < -0.39 is 11.7 Å². The van der Waals surface area contributed by atoms with Gasteiger partial charge in [-0.2, -0.15) is 0 Å². The van der Waals surface area contributed by atoms with Crippen molar-refractivity contribution in [3.8, 4) is 0 Å². The zero-order valence-electron chi connectivity index (χ0n) is 11.0. The van der Waals surface area contributed by atoms with E-state index in [4.69, 9.17) is 4.74 Å². The van der Waals surface area contributed by atoms with Crippen LogP contribution in [0.1, 0.15) is 24.2 Å². The number of carbonyl (C=O) groups excluding carboxylic acids is 2. The molecule has 1 aromatic rings. The van der Waals surface area contributed by atoms with Crippen LogP contribution in [0.5, 0.6) is 0 Å². The van der Waals surface area contributed by atoms with E-state index in [2.05, 4.69) is 29.8 Å². The number of fused-ring (bicyclic) bond motifs is 1. The van der Waals surface area contributed by atoms with Gasteiger partial charge in [-0.1, -0.05) is 29.8 Å². The fourth-order valence-electron chi connectivity index (χ4n) is 1.97. The molecule has 0 bridgehead atoms. The fourth-order valence-corrected chi connectivity index (χ4v) is 2.33. The normalized spacial score (nSPS) is 14.4. The number of nitrogens with zero attached hydrogens (tertiary/aromatic N) is 1. The third-order valence-electron chi connectivity index (χ3n) is 2.84. The molecule has 1 heterocycles. The third-order valence-corrected chi connectivity index (χ3v) is 3.34. The van der Waals surface area contributed by atoms with Crippen LogP contribution < -0.4 is 4.90 Å². The lowest BCUT2D eigenvalue weighted by Crippen LogP contribution is -2.33. The Balaban J connectivity index is 2.07. The van der Waals surface area contributed by atoms with Gasteiger partial charge in [0.15, 0.2) is 0 Å². The molecular weight excluding hydrogens is 310 g/mol. The van der Waals surface area contributed by atoms with Crippen LogP contribution in [0.3, 0.4) is 0 Å². The lowest BCUT2D eigenvalue weighted by Gasteiger charge is -2.17. The van der Waals surface area contributed by atoms with Gasteiger partial charge < -0.3 is 9.64 Å². The Kier molecular flexibility index (Phi) is 4.37. The summed E-state index contributed by atoms with van der Waals surface area (Å²) in [5.74, 6) is -0.458. The van der Waals surface area contributed by atoms with Gasteiger partial charge in [0.25, 0.3) is 11.7 Å². The van der Waals surface area contributed by atoms with Gasteiger partial charge in [-0.3, -0.25) is 9.59 Å². The zero-order valence-corrected chi connectivity index (χ0v) is 12.6. The molecule has 0 radical (unpaired) electrons. The SMILES string of the molecule is CC(C)COCCN1C(=O)C(=O)c2cc(Br)ccc21. The second-order valence-corrected chi connectivity index (χ2v) is 5.83. The molecular formula is C14H16BrNO3. The Hall–Kier alpha value is -1.20. The Labute approximate surface area is 120 Å². The van der Waals surface area contributed by atoms with E-state index in [1.807, 2.05) is 6.07 Å². The molecule has 0 saturated carbocycles. The highest BCUT2D eigenvalue weighted by molar-refractivity contribution is 9.10. The molecule has 0 atom stereocenters. The van der Waals surface area contributed by atoms with Gasteiger partial charge >= 0.3 is 0 Å². The van der Waals surface area contributed by atoms with Gasteiger partial charge in [-0.15, -0.1) is 0 Å². The average molecular weight is 326 g/mol. The molecule has 0 saturated heterocycles. The number of Topliss-reactive ketones (excluding diaryl/α,β-unsaturated/α-hetero) is 1. The predicted molar refractivity (Wildman–Crippen MR) is 76.5 cm³/mol. The van der Waals surface area contributed by atoms with Crippen molar-refractivity contribution in [2.45, 2.75) is 13.8 Å². The zero-order chi connectivity index (χ0) is 14.0. The molecule has 0 aliphatic carbocycles. The van der Waals surface area contributed by atoms with Crippen LogP contribution in [0.2, 0.25) is 0 Å². The number of rotatable bonds is 5. The summed E-state index contributed by atoms with van der Waals surface area (Å²) in [5, 5.41) is 0. The quantitative estimate of drug-likeness (QED) is 0.617. The molecule has 19 heavy (non-hydrogen) atoms. The van der Waals surface area contributed by atoms with Crippen molar-refractivity contribution in [3.63, 3.8) is 0 Å². The number of ether oxygens (including phenoxy) is 1.